The lowest BCUT2D eigenvalue weighted by Crippen LogP contribution is -2.53. The Morgan fingerprint density at radius 2 is 1.68 bits per heavy atom. The monoisotopic (exact) mass is 378 g/mol. The van der Waals surface area contributed by atoms with Gasteiger partial charge in [-0.05, 0) is 43.3 Å². The SMILES string of the molecule is CC(C(=O)Nc1ccc(Cl)cc1)N1CCN(c2ccc(Cl)cn2)CC1. The van der Waals surface area contributed by atoms with Gasteiger partial charge in [-0.25, -0.2) is 4.98 Å². The Kier molecular flexibility index (Phi) is 5.78. The first kappa shape index (κ1) is 18.0. The number of anilines is 2. The van der Waals surface area contributed by atoms with E-state index in [1.165, 1.54) is 0 Å². The second-order valence-corrected chi connectivity index (χ2v) is 6.90. The molecule has 1 unspecified atom stereocenters. The second kappa shape index (κ2) is 8.04. The van der Waals surface area contributed by atoms with Gasteiger partial charge in [-0.2, -0.15) is 0 Å². The van der Waals surface area contributed by atoms with Gasteiger partial charge in [-0.1, -0.05) is 23.2 Å². The maximum atomic E-state index is 12.5. The quantitative estimate of drug-likeness (QED) is 0.883. The van der Waals surface area contributed by atoms with Crippen molar-refractivity contribution in [2.24, 2.45) is 0 Å². The van der Waals surface area contributed by atoms with E-state index in [-0.39, 0.29) is 11.9 Å². The molecule has 132 valence electrons. The topological polar surface area (TPSA) is 48.5 Å². The van der Waals surface area contributed by atoms with Crippen molar-refractivity contribution in [1.82, 2.24) is 9.88 Å². The molecular weight excluding hydrogens is 359 g/mol. The summed E-state index contributed by atoms with van der Waals surface area (Å²) >= 11 is 11.8. The molecule has 1 N–H and O–H groups in total. The maximum Gasteiger partial charge on any atom is 0.241 e. The normalized spacial score (nSPS) is 16.5. The molecule has 0 radical (unpaired) electrons. The summed E-state index contributed by atoms with van der Waals surface area (Å²) in [5, 5.41) is 4.22. The number of pyridine rings is 1. The number of piperazine rings is 1. The van der Waals surface area contributed by atoms with E-state index in [2.05, 4.69) is 20.1 Å². The first-order valence-electron chi connectivity index (χ1n) is 8.20. The van der Waals surface area contributed by atoms with Crippen molar-refractivity contribution in [3.05, 3.63) is 52.6 Å². The number of benzene rings is 1. The number of carbonyl (C=O) groups is 1. The zero-order valence-corrected chi connectivity index (χ0v) is 15.5. The smallest absolute Gasteiger partial charge is 0.241 e. The maximum absolute atomic E-state index is 12.5. The lowest BCUT2D eigenvalue weighted by Gasteiger charge is -2.38. The molecule has 0 saturated carbocycles. The van der Waals surface area contributed by atoms with E-state index in [0.717, 1.165) is 37.7 Å². The summed E-state index contributed by atoms with van der Waals surface area (Å²) in [5.41, 5.74) is 0.755. The van der Waals surface area contributed by atoms with Gasteiger partial charge in [0.15, 0.2) is 0 Å². The highest BCUT2D eigenvalue weighted by Crippen LogP contribution is 2.18. The summed E-state index contributed by atoms with van der Waals surface area (Å²) in [4.78, 5) is 21.2. The number of carbonyl (C=O) groups excluding carboxylic acids is 1. The lowest BCUT2D eigenvalue weighted by atomic mass is 10.2. The first-order chi connectivity index (χ1) is 12.0. The van der Waals surface area contributed by atoms with Gasteiger partial charge in [0.05, 0.1) is 11.1 Å². The van der Waals surface area contributed by atoms with Crippen molar-refractivity contribution in [1.29, 1.82) is 0 Å². The van der Waals surface area contributed by atoms with Gasteiger partial charge in [-0.15, -0.1) is 0 Å². The lowest BCUT2D eigenvalue weighted by molar-refractivity contribution is -0.120. The van der Waals surface area contributed by atoms with Crippen molar-refractivity contribution >= 4 is 40.6 Å². The van der Waals surface area contributed by atoms with E-state index in [0.29, 0.717) is 10.0 Å². The molecule has 1 aliphatic heterocycles. The van der Waals surface area contributed by atoms with Gasteiger partial charge in [0.1, 0.15) is 5.82 Å². The van der Waals surface area contributed by atoms with Gasteiger partial charge in [0.25, 0.3) is 0 Å². The Hall–Kier alpha value is -1.82. The van der Waals surface area contributed by atoms with E-state index in [1.807, 2.05) is 19.1 Å². The number of hydrogen-bond donors (Lipinski definition) is 1. The number of aromatic nitrogens is 1. The largest absolute Gasteiger partial charge is 0.354 e. The van der Waals surface area contributed by atoms with Crippen LogP contribution in [-0.4, -0.2) is 48.0 Å². The molecule has 1 aliphatic rings. The molecule has 5 nitrogen and oxygen atoms in total. The van der Waals surface area contributed by atoms with Gasteiger partial charge in [0, 0.05) is 43.1 Å². The highest BCUT2D eigenvalue weighted by molar-refractivity contribution is 6.30. The molecule has 1 aromatic heterocycles. The average Bonchev–Trinajstić information content (AvgIpc) is 2.64. The predicted octanol–water partition coefficient (Wildman–Crippen LogP) is 3.54. The summed E-state index contributed by atoms with van der Waals surface area (Å²) in [5.74, 6) is 0.905. The molecule has 7 heteroatoms. The minimum atomic E-state index is -0.198. The van der Waals surface area contributed by atoms with Crippen LogP contribution in [0.15, 0.2) is 42.6 Å². The zero-order chi connectivity index (χ0) is 17.8. The standard InChI is InChI=1S/C18H20Cl2N4O/c1-13(18(25)22-16-5-2-14(19)3-6-16)23-8-10-24(11-9-23)17-7-4-15(20)12-21-17/h2-7,12-13H,8-11H2,1H3,(H,22,25). The van der Waals surface area contributed by atoms with E-state index in [4.69, 9.17) is 23.2 Å². The molecule has 0 spiro atoms. The van der Waals surface area contributed by atoms with Gasteiger partial charge < -0.3 is 10.2 Å². The van der Waals surface area contributed by atoms with Crippen LogP contribution in [0.25, 0.3) is 0 Å². The van der Waals surface area contributed by atoms with E-state index in [9.17, 15) is 4.79 Å². The second-order valence-electron chi connectivity index (χ2n) is 6.03. The van der Waals surface area contributed by atoms with E-state index in [1.54, 1.807) is 30.5 Å². The predicted molar refractivity (Wildman–Crippen MR) is 103 cm³/mol. The third-order valence-corrected chi connectivity index (χ3v) is 4.86. The molecule has 0 aliphatic carbocycles. The van der Waals surface area contributed by atoms with Crippen molar-refractivity contribution in [2.45, 2.75) is 13.0 Å². The van der Waals surface area contributed by atoms with E-state index < -0.39 is 0 Å². The zero-order valence-electron chi connectivity index (χ0n) is 14.0. The van der Waals surface area contributed by atoms with Crippen LogP contribution in [0.1, 0.15) is 6.92 Å². The average molecular weight is 379 g/mol. The first-order valence-corrected chi connectivity index (χ1v) is 8.95. The highest BCUT2D eigenvalue weighted by Gasteiger charge is 2.26. The Labute approximate surface area is 157 Å². The number of halogens is 2. The van der Waals surface area contributed by atoms with Crippen molar-refractivity contribution in [2.75, 3.05) is 36.4 Å². The van der Waals surface area contributed by atoms with Gasteiger partial charge in [-0.3, -0.25) is 9.69 Å². The third kappa shape index (κ3) is 4.63. The highest BCUT2D eigenvalue weighted by atomic mass is 35.5. The number of nitrogens with one attached hydrogen (secondary N) is 1. The van der Waals surface area contributed by atoms with Crippen LogP contribution in [0.2, 0.25) is 10.0 Å². The number of hydrogen-bond acceptors (Lipinski definition) is 4. The van der Waals surface area contributed by atoms with Crippen LogP contribution in [0.3, 0.4) is 0 Å². The Balaban J connectivity index is 1.53. The summed E-state index contributed by atoms with van der Waals surface area (Å²) in [6, 6.07) is 10.7. The van der Waals surface area contributed by atoms with Gasteiger partial charge in [0.2, 0.25) is 5.91 Å². The molecule has 1 aromatic carbocycles. The van der Waals surface area contributed by atoms with Crippen molar-refractivity contribution < 1.29 is 4.79 Å². The fourth-order valence-corrected chi connectivity index (χ4v) is 3.08. The van der Waals surface area contributed by atoms with Crippen LogP contribution in [0.5, 0.6) is 0 Å². The van der Waals surface area contributed by atoms with Crippen molar-refractivity contribution in [3.63, 3.8) is 0 Å². The fourth-order valence-electron chi connectivity index (χ4n) is 2.84. The molecule has 1 saturated heterocycles. The molecule has 1 amide bonds. The van der Waals surface area contributed by atoms with Crippen LogP contribution in [0, 0.1) is 0 Å². The molecule has 25 heavy (non-hydrogen) atoms. The number of rotatable bonds is 4. The number of amides is 1. The minimum absolute atomic E-state index is 0.0135. The molecule has 1 fully saturated rings. The van der Waals surface area contributed by atoms with Gasteiger partial charge >= 0.3 is 0 Å². The molecular formula is C18H20Cl2N4O. The Bertz CT molecular complexity index is 713. The molecule has 2 heterocycles. The summed E-state index contributed by atoms with van der Waals surface area (Å²) < 4.78 is 0. The third-order valence-electron chi connectivity index (χ3n) is 4.39. The molecule has 0 bridgehead atoms. The number of nitrogens with zero attached hydrogens (tertiary/aromatic N) is 3. The fraction of sp³-hybridized carbons (Fsp3) is 0.333. The van der Waals surface area contributed by atoms with Crippen LogP contribution >= 0.6 is 23.2 Å². The molecule has 2 aromatic rings. The van der Waals surface area contributed by atoms with Crippen LogP contribution in [-0.2, 0) is 4.79 Å². The molecule has 3 rings (SSSR count). The minimum Gasteiger partial charge on any atom is -0.354 e. The van der Waals surface area contributed by atoms with E-state index >= 15 is 0 Å². The van der Waals surface area contributed by atoms with Crippen LogP contribution < -0.4 is 10.2 Å². The summed E-state index contributed by atoms with van der Waals surface area (Å²) in [6.07, 6.45) is 1.66. The summed E-state index contributed by atoms with van der Waals surface area (Å²) in [6.45, 7) is 5.20. The Morgan fingerprint density at radius 1 is 1.04 bits per heavy atom. The summed E-state index contributed by atoms with van der Waals surface area (Å²) in [7, 11) is 0. The van der Waals surface area contributed by atoms with Crippen LogP contribution in [0.4, 0.5) is 11.5 Å². The Morgan fingerprint density at radius 3 is 2.28 bits per heavy atom. The van der Waals surface area contributed by atoms with Crippen molar-refractivity contribution in [3.8, 4) is 0 Å². The molecule has 1 atom stereocenters.